The summed E-state index contributed by atoms with van der Waals surface area (Å²) in [7, 11) is -3.98. The number of nitrogens with one attached hydrogen (secondary N) is 1. The average Bonchev–Trinajstić information content (AvgIpc) is 2.77. The summed E-state index contributed by atoms with van der Waals surface area (Å²) in [5.41, 5.74) is -0.798. The van der Waals surface area contributed by atoms with Crippen molar-refractivity contribution in [3.8, 4) is 0 Å². The molecular weight excluding hydrogens is 445 g/mol. The first-order valence-corrected chi connectivity index (χ1v) is 12.4. The molecule has 1 atom stereocenters. The molecule has 0 aromatic heterocycles. The molecule has 2 aromatic rings. The van der Waals surface area contributed by atoms with Crippen LogP contribution in [0.2, 0.25) is 0 Å². The second-order valence-electron chi connectivity index (χ2n) is 8.90. The van der Waals surface area contributed by atoms with Crippen LogP contribution in [0.4, 0.5) is 4.39 Å². The van der Waals surface area contributed by atoms with Crippen molar-refractivity contribution in [3.63, 3.8) is 0 Å². The normalized spacial score (nSPS) is 19.7. The third-order valence-electron chi connectivity index (χ3n) is 5.82. The standard InChI is InChI=1S/C24H30FN3O4S/c1-18(2)13-14-26-23(30)24(3)17-27(33(31,32)21-7-5-4-6-8-21)16-22(29)28(24)15-19-9-11-20(25)12-10-19/h4-12,18H,13-17H2,1-3H3,(H,26,30)/t24-/m1/s1. The van der Waals surface area contributed by atoms with Crippen molar-refractivity contribution in [2.45, 2.75) is 44.2 Å². The highest BCUT2D eigenvalue weighted by molar-refractivity contribution is 7.89. The van der Waals surface area contributed by atoms with Crippen LogP contribution >= 0.6 is 0 Å². The zero-order chi connectivity index (χ0) is 24.2. The van der Waals surface area contributed by atoms with Gasteiger partial charge in [-0.25, -0.2) is 12.8 Å². The number of amides is 2. The van der Waals surface area contributed by atoms with Gasteiger partial charge in [0.1, 0.15) is 11.4 Å². The van der Waals surface area contributed by atoms with Gasteiger partial charge in [0.05, 0.1) is 11.4 Å². The highest BCUT2D eigenvalue weighted by Crippen LogP contribution is 2.29. The van der Waals surface area contributed by atoms with Crippen molar-refractivity contribution in [1.82, 2.24) is 14.5 Å². The van der Waals surface area contributed by atoms with E-state index >= 15 is 0 Å². The van der Waals surface area contributed by atoms with Gasteiger partial charge in [-0.1, -0.05) is 44.2 Å². The molecule has 9 heteroatoms. The van der Waals surface area contributed by atoms with E-state index in [0.717, 1.165) is 10.7 Å². The lowest BCUT2D eigenvalue weighted by Crippen LogP contribution is -2.69. The molecule has 7 nitrogen and oxygen atoms in total. The second kappa shape index (κ2) is 10.0. The number of nitrogens with zero attached hydrogens (tertiary/aromatic N) is 2. The van der Waals surface area contributed by atoms with Crippen molar-refractivity contribution >= 4 is 21.8 Å². The molecule has 0 saturated carbocycles. The Labute approximate surface area is 194 Å². The van der Waals surface area contributed by atoms with E-state index in [4.69, 9.17) is 0 Å². The first kappa shape index (κ1) is 24.9. The number of sulfonamides is 1. The third kappa shape index (κ3) is 5.59. The Morgan fingerprint density at radius 1 is 1.12 bits per heavy atom. The molecule has 1 aliphatic rings. The van der Waals surface area contributed by atoms with E-state index in [1.165, 1.54) is 29.2 Å². The van der Waals surface area contributed by atoms with E-state index in [2.05, 4.69) is 5.32 Å². The lowest BCUT2D eigenvalue weighted by Gasteiger charge is -2.46. The van der Waals surface area contributed by atoms with Gasteiger partial charge >= 0.3 is 0 Å². The number of benzene rings is 2. The van der Waals surface area contributed by atoms with Gasteiger partial charge in [0.2, 0.25) is 21.8 Å². The minimum atomic E-state index is -3.98. The maximum absolute atomic E-state index is 13.4. The van der Waals surface area contributed by atoms with Crippen molar-refractivity contribution in [3.05, 3.63) is 66.0 Å². The molecule has 178 valence electrons. The minimum absolute atomic E-state index is 0.0619. The van der Waals surface area contributed by atoms with Crippen LogP contribution in [0.3, 0.4) is 0 Å². The number of hydrogen-bond donors (Lipinski definition) is 1. The fourth-order valence-electron chi connectivity index (χ4n) is 3.80. The van der Waals surface area contributed by atoms with E-state index in [0.29, 0.717) is 18.0 Å². The van der Waals surface area contributed by atoms with Gasteiger partial charge in [0.25, 0.3) is 0 Å². The van der Waals surface area contributed by atoms with Gasteiger partial charge in [-0.05, 0) is 49.1 Å². The quantitative estimate of drug-likeness (QED) is 0.636. The lowest BCUT2D eigenvalue weighted by molar-refractivity contribution is -0.153. The zero-order valence-electron chi connectivity index (χ0n) is 19.1. The van der Waals surface area contributed by atoms with Gasteiger partial charge in [-0.3, -0.25) is 9.59 Å². The van der Waals surface area contributed by atoms with Gasteiger partial charge in [-0.2, -0.15) is 4.31 Å². The Kier molecular flexibility index (Phi) is 7.54. The van der Waals surface area contributed by atoms with Crippen LogP contribution in [-0.4, -0.2) is 54.6 Å². The molecular formula is C24H30FN3O4S. The molecule has 1 saturated heterocycles. The van der Waals surface area contributed by atoms with Gasteiger partial charge in [0, 0.05) is 19.6 Å². The molecule has 1 N–H and O–H groups in total. The summed E-state index contributed by atoms with van der Waals surface area (Å²) >= 11 is 0. The van der Waals surface area contributed by atoms with Crippen LogP contribution < -0.4 is 5.32 Å². The third-order valence-corrected chi connectivity index (χ3v) is 7.63. The van der Waals surface area contributed by atoms with Gasteiger partial charge in [-0.15, -0.1) is 0 Å². The Morgan fingerprint density at radius 2 is 1.76 bits per heavy atom. The smallest absolute Gasteiger partial charge is 0.247 e. The molecule has 2 amide bonds. The van der Waals surface area contributed by atoms with E-state index in [1.54, 1.807) is 37.3 Å². The van der Waals surface area contributed by atoms with Crippen LogP contribution in [-0.2, 0) is 26.2 Å². The molecule has 0 aliphatic carbocycles. The molecule has 0 bridgehead atoms. The summed E-state index contributed by atoms with van der Waals surface area (Å²) in [6, 6.07) is 13.5. The molecule has 33 heavy (non-hydrogen) atoms. The van der Waals surface area contributed by atoms with Crippen LogP contribution in [0.1, 0.15) is 32.8 Å². The summed E-state index contributed by atoms with van der Waals surface area (Å²) in [6.45, 7) is 5.55. The summed E-state index contributed by atoms with van der Waals surface area (Å²) in [5.74, 6) is -0.951. The second-order valence-corrected chi connectivity index (χ2v) is 10.8. The Hall–Kier alpha value is -2.78. The number of halogens is 1. The topological polar surface area (TPSA) is 86.8 Å². The van der Waals surface area contributed by atoms with Crippen LogP contribution in [0.15, 0.2) is 59.5 Å². The predicted molar refractivity (Wildman–Crippen MR) is 123 cm³/mol. The Bertz CT molecular complexity index is 1090. The first-order valence-electron chi connectivity index (χ1n) is 10.9. The maximum atomic E-state index is 13.4. The summed E-state index contributed by atoms with van der Waals surface area (Å²) in [5, 5.41) is 2.87. The van der Waals surface area contributed by atoms with Crippen molar-refractivity contribution in [2.24, 2.45) is 5.92 Å². The fourth-order valence-corrected chi connectivity index (χ4v) is 5.30. The highest BCUT2D eigenvalue weighted by atomic mass is 32.2. The number of carbonyl (C=O) groups is 2. The van der Waals surface area contributed by atoms with Crippen molar-refractivity contribution in [1.29, 1.82) is 0 Å². The van der Waals surface area contributed by atoms with Crippen molar-refractivity contribution < 1.29 is 22.4 Å². The first-order chi connectivity index (χ1) is 15.5. The van der Waals surface area contributed by atoms with E-state index in [9.17, 15) is 22.4 Å². The molecule has 2 aromatic carbocycles. The van der Waals surface area contributed by atoms with Crippen LogP contribution in [0, 0.1) is 11.7 Å². The summed E-state index contributed by atoms with van der Waals surface area (Å²) in [4.78, 5) is 28.0. The monoisotopic (exact) mass is 475 g/mol. The number of piperazine rings is 1. The number of hydrogen-bond acceptors (Lipinski definition) is 4. The Balaban J connectivity index is 1.93. The van der Waals surface area contributed by atoms with Crippen molar-refractivity contribution in [2.75, 3.05) is 19.6 Å². The molecule has 3 rings (SSSR count). The van der Waals surface area contributed by atoms with Gasteiger partial charge < -0.3 is 10.2 Å². The minimum Gasteiger partial charge on any atom is -0.354 e. The summed E-state index contributed by atoms with van der Waals surface area (Å²) < 4.78 is 40.9. The molecule has 0 unspecified atom stereocenters. The van der Waals surface area contributed by atoms with Crippen LogP contribution in [0.25, 0.3) is 0 Å². The number of rotatable bonds is 8. The van der Waals surface area contributed by atoms with E-state index in [-0.39, 0.29) is 24.5 Å². The van der Waals surface area contributed by atoms with Gasteiger partial charge in [0.15, 0.2) is 0 Å². The molecule has 0 radical (unpaired) electrons. The Morgan fingerprint density at radius 3 is 2.36 bits per heavy atom. The zero-order valence-corrected chi connectivity index (χ0v) is 19.9. The average molecular weight is 476 g/mol. The van der Waals surface area contributed by atoms with Crippen LogP contribution in [0.5, 0.6) is 0 Å². The molecule has 1 aliphatic heterocycles. The molecule has 1 heterocycles. The van der Waals surface area contributed by atoms with E-state index in [1.807, 2.05) is 13.8 Å². The predicted octanol–water partition coefficient (Wildman–Crippen LogP) is 2.78. The van der Waals surface area contributed by atoms with E-state index < -0.39 is 33.2 Å². The number of carbonyl (C=O) groups excluding carboxylic acids is 2. The maximum Gasteiger partial charge on any atom is 0.247 e. The molecule has 0 spiro atoms. The lowest BCUT2D eigenvalue weighted by atomic mass is 9.94. The fraction of sp³-hybridized carbons (Fsp3) is 0.417. The summed E-state index contributed by atoms with van der Waals surface area (Å²) in [6.07, 6.45) is 0.750. The SMILES string of the molecule is CC(C)CCNC(=O)[C@@]1(C)CN(S(=O)(=O)c2ccccc2)CC(=O)N1Cc1ccc(F)cc1. The molecule has 1 fully saturated rings. The highest BCUT2D eigenvalue weighted by Gasteiger charge is 2.50. The largest absolute Gasteiger partial charge is 0.354 e.